The van der Waals surface area contributed by atoms with Crippen LogP contribution in [-0.4, -0.2) is 31.1 Å². The molecule has 0 unspecified atom stereocenters. The third-order valence-electron chi connectivity index (χ3n) is 2.76. The number of carbonyl (C=O) groups excluding carboxylic acids is 1. The number of aryl methyl sites for hydroxylation is 1. The minimum absolute atomic E-state index is 0.0119. The number of nitrogens with one attached hydrogen (secondary N) is 1. The van der Waals surface area contributed by atoms with Gasteiger partial charge in [0.15, 0.2) is 0 Å². The lowest BCUT2D eigenvalue weighted by molar-refractivity contribution is 0.101. The van der Waals surface area contributed by atoms with Crippen molar-refractivity contribution in [2.75, 3.05) is 5.32 Å². The maximum atomic E-state index is 12.0. The molecule has 2 heterocycles. The van der Waals surface area contributed by atoms with Gasteiger partial charge in [0, 0.05) is 6.20 Å². The average molecular weight is 280 g/mol. The highest BCUT2D eigenvalue weighted by Gasteiger charge is 2.14. The molecular formula is C14H12N6O. The molecule has 3 rings (SSSR count). The molecule has 104 valence electrons. The summed E-state index contributed by atoms with van der Waals surface area (Å²) >= 11 is 0. The Bertz CT molecular complexity index is 768. The average Bonchev–Trinajstić information content (AvgIpc) is 2.98. The maximum absolute atomic E-state index is 12.0. The van der Waals surface area contributed by atoms with Crippen molar-refractivity contribution in [3.63, 3.8) is 0 Å². The van der Waals surface area contributed by atoms with E-state index >= 15 is 0 Å². The maximum Gasteiger partial charge on any atom is 0.298 e. The number of hydrogen-bond donors (Lipinski definition) is 1. The Morgan fingerprint density at radius 2 is 2.00 bits per heavy atom. The second-order valence-electron chi connectivity index (χ2n) is 4.41. The summed E-state index contributed by atoms with van der Waals surface area (Å²) < 4.78 is 0. The number of rotatable bonds is 3. The zero-order chi connectivity index (χ0) is 14.7. The minimum Gasteiger partial charge on any atom is -0.304 e. The van der Waals surface area contributed by atoms with Gasteiger partial charge < -0.3 is 5.32 Å². The number of benzene rings is 1. The van der Waals surface area contributed by atoms with Crippen LogP contribution in [0.4, 0.5) is 5.82 Å². The van der Waals surface area contributed by atoms with Crippen LogP contribution in [0.2, 0.25) is 0 Å². The highest BCUT2D eigenvalue weighted by molar-refractivity contribution is 6.00. The molecule has 3 aromatic rings. The Morgan fingerprint density at radius 1 is 1.19 bits per heavy atom. The predicted molar refractivity (Wildman–Crippen MR) is 76.1 cm³/mol. The van der Waals surface area contributed by atoms with Gasteiger partial charge in [0.25, 0.3) is 11.7 Å². The largest absolute Gasteiger partial charge is 0.304 e. The van der Waals surface area contributed by atoms with Crippen LogP contribution in [0.15, 0.2) is 48.7 Å². The van der Waals surface area contributed by atoms with E-state index in [1.165, 1.54) is 4.80 Å². The van der Waals surface area contributed by atoms with Gasteiger partial charge >= 0.3 is 0 Å². The van der Waals surface area contributed by atoms with Crippen molar-refractivity contribution in [1.82, 2.24) is 25.2 Å². The van der Waals surface area contributed by atoms with Gasteiger partial charge in [-0.05, 0) is 42.0 Å². The fourth-order valence-electron chi connectivity index (χ4n) is 1.75. The zero-order valence-corrected chi connectivity index (χ0v) is 11.3. The minimum atomic E-state index is -0.449. The molecule has 0 aliphatic carbocycles. The summed E-state index contributed by atoms with van der Waals surface area (Å²) in [7, 11) is 0. The van der Waals surface area contributed by atoms with E-state index in [9.17, 15) is 4.79 Å². The Hall–Kier alpha value is -3.09. The van der Waals surface area contributed by atoms with E-state index < -0.39 is 5.91 Å². The lowest BCUT2D eigenvalue weighted by Gasteiger charge is -2.01. The van der Waals surface area contributed by atoms with Crippen molar-refractivity contribution in [3.8, 4) is 5.69 Å². The second-order valence-corrected chi connectivity index (χ2v) is 4.41. The lowest BCUT2D eigenvalue weighted by Crippen LogP contribution is -2.15. The molecule has 0 radical (unpaired) electrons. The first kappa shape index (κ1) is 12.9. The number of nitrogens with zero attached hydrogens (tertiary/aromatic N) is 5. The number of anilines is 1. The molecule has 0 atom stereocenters. The molecular weight excluding hydrogens is 268 g/mol. The third-order valence-corrected chi connectivity index (χ3v) is 2.76. The van der Waals surface area contributed by atoms with Gasteiger partial charge in [-0.25, -0.2) is 4.98 Å². The van der Waals surface area contributed by atoms with E-state index in [2.05, 4.69) is 25.7 Å². The highest BCUT2D eigenvalue weighted by Crippen LogP contribution is 2.07. The summed E-state index contributed by atoms with van der Waals surface area (Å²) in [5.74, 6) is -0.00602. The van der Waals surface area contributed by atoms with Gasteiger partial charge in [-0.15, -0.1) is 15.0 Å². The van der Waals surface area contributed by atoms with E-state index in [-0.39, 0.29) is 5.82 Å². The summed E-state index contributed by atoms with van der Waals surface area (Å²) in [5, 5.41) is 14.3. The monoisotopic (exact) mass is 280 g/mol. The predicted octanol–water partition coefficient (Wildman–Crippen LogP) is 1.62. The molecule has 0 saturated carbocycles. The Labute approximate surface area is 120 Å². The number of carbonyl (C=O) groups is 1. The first-order chi connectivity index (χ1) is 10.2. The molecule has 1 amide bonds. The summed E-state index contributed by atoms with van der Waals surface area (Å²) in [6.45, 7) is 1.92. The molecule has 7 heteroatoms. The Balaban J connectivity index is 1.78. The van der Waals surface area contributed by atoms with E-state index in [0.29, 0.717) is 5.82 Å². The molecule has 0 saturated heterocycles. The topological polar surface area (TPSA) is 85.6 Å². The number of pyridine rings is 1. The second kappa shape index (κ2) is 5.49. The van der Waals surface area contributed by atoms with Crippen LogP contribution >= 0.6 is 0 Å². The van der Waals surface area contributed by atoms with Crippen molar-refractivity contribution in [2.24, 2.45) is 0 Å². The number of aromatic nitrogens is 5. The Morgan fingerprint density at radius 3 is 2.76 bits per heavy atom. The van der Waals surface area contributed by atoms with Crippen molar-refractivity contribution in [1.29, 1.82) is 0 Å². The zero-order valence-electron chi connectivity index (χ0n) is 11.3. The number of para-hydroxylation sites is 1. The molecule has 21 heavy (non-hydrogen) atoms. The van der Waals surface area contributed by atoms with Gasteiger partial charge in [0.2, 0.25) is 0 Å². The number of amides is 1. The first-order valence-electron chi connectivity index (χ1n) is 6.32. The fraction of sp³-hybridized carbons (Fsp3) is 0.0714. The van der Waals surface area contributed by atoms with Crippen molar-refractivity contribution in [3.05, 3.63) is 60.0 Å². The van der Waals surface area contributed by atoms with Crippen LogP contribution in [0.1, 0.15) is 16.2 Å². The summed E-state index contributed by atoms with van der Waals surface area (Å²) in [6.07, 6.45) is 1.62. The smallest absolute Gasteiger partial charge is 0.298 e. The SMILES string of the molecule is Cc1ccnc(NC(=O)c2nnn(-c3ccccc3)n2)c1. The fourth-order valence-corrected chi connectivity index (χ4v) is 1.75. The van der Waals surface area contributed by atoms with Crippen molar-refractivity contribution < 1.29 is 4.79 Å². The van der Waals surface area contributed by atoms with Crippen molar-refractivity contribution >= 4 is 11.7 Å². The third kappa shape index (κ3) is 2.92. The van der Waals surface area contributed by atoms with Gasteiger partial charge in [-0.1, -0.05) is 18.2 Å². The molecule has 7 nitrogen and oxygen atoms in total. The summed E-state index contributed by atoms with van der Waals surface area (Å²) in [4.78, 5) is 17.4. The van der Waals surface area contributed by atoms with Gasteiger partial charge in [0.05, 0.1) is 5.69 Å². The Kier molecular flexibility index (Phi) is 3.38. The van der Waals surface area contributed by atoms with Gasteiger partial charge in [-0.2, -0.15) is 0 Å². The highest BCUT2D eigenvalue weighted by atomic mass is 16.2. The van der Waals surface area contributed by atoms with E-state index in [1.807, 2.05) is 43.3 Å². The quantitative estimate of drug-likeness (QED) is 0.788. The molecule has 1 aromatic carbocycles. The van der Waals surface area contributed by atoms with E-state index in [1.54, 1.807) is 12.3 Å². The van der Waals surface area contributed by atoms with Crippen LogP contribution in [0.3, 0.4) is 0 Å². The lowest BCUT2D eigenvalue weighted by atomic mass is 10.3. The summed E-state index contributed by atoms with van der Waals surface area (Å²) in [5.41, 5.74) is 1.74. The van der Waals surface area contributed by atoms with E-state index in [4.69, 9.17) is 0 Å². The molecule has 2 aromatic heterocycles. The number of tetrazole rings is 1. The standard InChI is InChI=1S/C14H12N6O/c1-10-7-8-15-12(9-10)16-14(21)13-17-19-20(18-13)11-5-3-2-4-6-11/h2-9H,1H3,(H,15,16,21). The van der Waals surface area contributed by atoms with Crippen LogP contribution in [0.5, 0.6) is 0 Å². The molecule has 0 aliphatic rings. The van der Waals surface area contributed by atoms with Crippen LogP contribution in [0, 0.1) is 6.92 Å². The van der Waals surface area contributed by atoms with Gasteiger partial charge in [-0.3, -0.25) is 4.79 Å². The molecule has 0 bridgehead atoms. The number of hydrogen-bond acceptors (Lipinski definition) is 5. The molecule has 0 aliphatic heterocycles. The molecule has 0 fully saturated rings. The first-order valence-corrected chi connectivity index (χ1v) is 6.32. The normalized spacial score (nSPS) is 10.3. The van der Waals surface area contributed by atoms with Crippen LogP contribution in [0.25, 0.3) is 5.69 Å². The van der Waals surface area contributed by atoms with Crippen molar-refractivity contribution in [2.45, 2.75) is 6.92 Å². The van der Waals surface area contributed by atoms with Crippen LogP contribution in [-0.2, 0) is 0 Å². The van der Waals surface area contributed by atoms with E-state index in [0.717, 1.165) is 11.3 Å². The summed E-state index contributed by atoms with van der Waals surface area (Å²) in [6, 6.07) is 12.9. The van der Waals surface area contributed by atoms with Crippen LogP contribution < -0.4 is 5.32 Å². The molecule has 0 spiro atoms. The molecule has 1 N–H and O–H groups in total. The van der Waals surface area contributed by atoms with Gasteiger partial charge in [0.1, 0.15) is 5.82 Å².